The molecule has 0 radical (unpaired) electrons. The van der Waals surface area contributed by atoms with Crippen LogP contribution in [0.25, 0.3) is 11.0 Å². The number of piperazine rings is 1. The van der Waals surface area contributed by atoms with E-state index < -0.39 is 0 Å². The number of hydrogen-bond donors (Lipinski definition) is 0. The van der Waals surface area contributed by atoms with E-state index in [1.807, 2.05) is 11.9 Å². The van der Waals surface area contributed by atoms with Gasteiger partial charge in [-0.15, -0.1) is 0 Å². The Morgan fingerprint density at radius 2 is 1.95 bits per heavy atom. The fourth-order valence-corrected chi connectivity index (χ4v) is 2.43. The number of anilines is 1. The van der Waals surface area contributed by atoms with Crippen LogP contribution in [0.3, 0.4) is 0 Å². The van der Waals surface area contributed by atoms with Crippen LogP contribution in [0.5, 0.6) is 0 Å². The second-order valence-electron chi connectivity index (χ2n) is 4.70. The Morgan fingerprint density at radius 3 is 2.63 bits per heavy atom. The zero-order valence-corrected chi connectivity index (χ0v) is 11.1. The Labute approximate surface area is 110 Å². The van der Waals surface area contributed by atoms with Crippen molar-refractivity contribution in [2.75, 3.05) is 31.1 Å². The summed E-state index contributed by atoms with van der Waals surface area (Å²) >= 11 is 0. The van der Waals surface area contributed by atoms with E-state index in [1.165, 1.54) is 0 Å². The van der Waals surface area contributed by atoms with Crippen LogP contribution in [-0.4, -0.2) is 56.7 Å². The number of carbonyl (C=O) groups excluding carboxylic acids is 1. The van der Waals surface area contributed by atoms with Gasteiger partial charge in [-0.05, 0) is 0 Å². The molecule has 0 saturated carbocycles. The molecule has 7 nitrogen and oxygen atoms in total. The second-order valence-corrected chi connectivity index (χ2v) is 4.70. The number of amides is 1. The Morgan fingerprint density at radius 1 is 1.21 bits per heavy atom. The van der Waals surface area contributed by atoms with Crippen LogP contribution in [0.1, 0.15) is 6.92 Å². The summed E-state index contributed by atoms with van der Waals surface area (Å²) in [6.45, 7) is 4.67. The quantitative estimate of drug-likeness (QED) is 0.724. The molecule has 0 aliphatic carbocycles. The van der Waals surface area contributed by atoms with Crippen molar-refractivity contribution in [3.05, 3.63) is 12.5 Å². The van der Waals surface area contributed by atoms with Gasteiger partial charge in [0.25, 0.3) is 0 Å². The third-order valence-electron chi connectivity index (χ3n) is 3.53. The lowest BCUT2D eigenvalue weighted by atomic mass is 10.3. The molecule has 2 aromatic heterocycles. The van der Waals surface area contributed by atoms with Crippen molar-refractivity contribution >= 4 is 22.8 Å². The van der Waals surface area contributed by atoms with Crippen LogP contribution in [-0.2, 0) is 11.8 Å². The minimum absolute atomic E-state index is 0.133. The zero-order chi connectivity index (χ0) is 13.4. The summed E-state index contributed by atoms with van der Waals surface area (Å²) in [5.74, 6) is 1.04. The van der Waals surface area contributed by atoms with Gasteiger partial charge in [0.2, 0.25) is 5.91 Å². The van der Waals surface area contributed by atoms with Gasteiger partial charge in [-0.25, -0.2) is 9.97 Å². The molecular weight excluding hydrogens is 244 g/mol. The van der Waals surface area contributed by atoms with E-state index in [9.17, 15) is 4.79 Å². The second kappa shape index (κ2) is 4.49. The highest BCUT2D eigenvalue weighted by molar-refractivity contribution is 5.86. The molecule has 3 heterocycles. The van der Waals surface area contributed by atoms with E-state index in [2.05, 4.69) is 20.0 Å². The highest BCUT2D eigenvalue weighted by atomic mass is 16.2. The van der Waals surface area contributed by atoms with E-state index >= 15 is 0 Å². The van der Waals surface area contributed by atoms with E-state index in [4.69, 9.17) is 0 Å². The monoisotopic (exact) mass is 260 g/mol. The molecule has 2 aromatic rings. The minimum Gasteiger partial charge on any atom is -0.352 e. The Hall–Kier alpha value is -2.18. The van der Waals surface area contributed by atoms with Crippen LogP contribution in [0.4, 0.5) is 5.82 Å². The van der Waals surface area contributed by atoms with E-state index in [-0.39, 0.29) is 5.91 Å². The van der Waals surface area contributed by atoms with Gasteiger partial charge >= 0.3 is 0 Å². The highest BCUT2D eigenvalue weighted by Gasteiger charge is 2.21. The molecule has 0 bridgehead atoms. The van der Waals surface area contributed by atoms with Crippen molar-refractivity contribution in [2.45, 2.75) is 6.92 Å². The predicted octanol–water partition coefficient (Wildman–Crippen LogP) is 0.0318. The number of rotatable bonds is 1. The summed E-state index contributed by atoms with van der Waals surface area (Å²) < 4.78 is 1.74. The van der Waals surface area contributed by atoms with Crippen molar-refractivity contribution in [3.63, 3.8) is 0 Å². The molecule has 1 fully saturated rings. The lowest BCUT2D eigenvalue weighted by molar-refractivity contribution is -0.129. The van der Waals surface area contributed by atoms with Gasteiger partial charge < -0.3 is 9.80 Å². The molecule has 0 atom stereocenters. The fraction of sp³-hybridized carbons (Fsp3) is 0.500. The van der Waals surface area contributed by atoms with Gasteiger partial charge in [0.05, 0.1) is 11.6 Å². The minimum atomic E-state index is 0.133. The molecule has 1 amide bonds. The third kappa shape index (κ3) is 2.00. The number of fused-ring (bicyclic) bond motifs is 1. The Balaban J connectivity index is 1.88. The molecule has 0 spiro atoms. The number of nitrogens with zero attached hydrogens (tertiary/aromatic N) is 6. The first-order valence-corrected chi connectivity index (χ1v) is 6.30. The van der Waals surface area contributed by atoms with Crippen LogP contribution in [0.15, 0.2) is 12.5 Å². The van der Waals surface area contributed by atoms with Gasteiger partial charge in [-0.1, -0.05) is 0 Å². The fourth-order valence-electron chi connectivity index (χ4n) is 2.43. The largest absolute Gasteiger partial charge is 0.352 e. The van der Waals surface area contributed by atoms with Gasteiger partial charge in [0, 0.05) is 40.2 Å². The number of hydrogen-bond acceptors (Lipinski definition) is 5. The molecule has 19 heavy (non-hydrogen) atoms. The smallest absolute Gasteiger partial charge is 0.219 e. The number of aryl methyl sites for hydroxylation is 1. The maximum atomic E-state index is 11.3. The SMILES string of the molecule is CC(=O)N1CCN(c2ncnc3c2cnn3C)CC1. The van der Waals surface area contributed by atoms with Gasteiger partial charge in [-0.3, -0.25) is 9.48 Å². The first-order valence-electron chi connectivity index (χ1n) is 6.30. The number of aromatic nitrogens is 4. The Bertz CT molecular complexity index is 614. The van der Waals surface area contributed by atoms with Crippen molar-refractivity contribution in [1.29, 1.82) is 0 Å². The summed E-state index contributed by atoms with van der Waals surface area (Å²) in [6, 6.07) is 0. The summed E-state index contributed by atoms with van der Waals surface area (Å²) in [5, 5.41) is 5.18. The zero-order valence-electron chi connectivity index (χ0n) is 11.1. The van der Waals surface area contributed by atoms with Crippen LogP contribution < -0.4 is 4.90 Å². The lowest BCUT2D eigenvalue weighted by Crippen LogP contribution is -2.48. The van der Waals surface area contributed by atoms with Gasteiger partial charge in [0.15, 0.2) is 5.65 Å². The molecule has 0 N–H and O–H groups in total. The molecule has 0 unspecified atom stereocenters. The molecule has 1 saturated heterocycles. The first kappa shape index (κ1) is 11.9. The topological polar surface area (TPSA) is 67.2 Å². The molecule has 1 aliphatic rings. The van der Waals surface area contributed by atoms with Gasteiger partial charge in [0.1, 0.15) is 12.1 Å². The molecular formula is C12H16N6O. The summed E-state index contributed by atoms with van der Waals surface area (Å²) in [7, 11) is 1.87. The first-order chi connectivity index (χ1) is 9.16. The average Bonchev–Trinajstić information content (AvgIpc) is 2.81. The van der Waals surface area contributed by atoms with E-state index in [0.29, 0.717) is 0 Å². The van der Waals surface area contributed by atoms with E-state index in [0.717, 1.165) is 43.0 Å². The van der Waals surface area contributed by atoms with E-state index in [1.54, 1.807) is 24.1 Å². The standard InChI is InChI=1S/C12H16N6O/c1-9(19)17-3-5-18(6-4-17)12-10-7-15-16(2)11(10)13-8-14-12/h7-8H,3-6H2,1-2H3. The van der Waals surface area contributed by atoms with Crippen LogP contribution in [0, 0.1) is 0 Å². The van der Waals surface area contributed by atoms with Crippen molar-refractivity contribution in [3.8, 4) is 0 Å². The molecule has 7 heteroatoms. The van der Waals surface area contributed by atoms with Crippen LogP contribution in [0.2, 0.25) is 0 Å². The molecule has 0 aromatic carbocycles. The molecule has 1 aliphatic heterocycles. The van der Waals surface area contributed by atoms with Crippen molar-refractivity contribution < 1.29 is 4.79 Å². The Kier molecular flexibility index (Phi) is 2.81. The molecule has 100 valence electrons. The summed E-state index contributed by atoms with van der Waals surface area (Å²) in [5.41, 5.74) is 0.832. The van der Waals surface area contributed by atoms with Crippen LogP contribution >= 0.6 is 0 Å². The van der Waals surface area contributed by atoms with Gasteiger partial charge in [-0.2, -0.15) is 5.10 Å². The average molecular weight is 260 g/mol. The maximum Gasteiger partial charge on any atom is 0.219 e. The summed E-state index contributed by atoms with van der Waals surface area (Å²) in [6.07, 6.45) is 3.36. The lowest BCUT2D eigenvalue weighted by Gasteiger charge is -2.35. The summed E-state index contributed by atoms with van der Waals surface area (Å²) in [4.78, 5) is 24.0. The normalized spacial score (nSPS) is 16.1. The van der Waals surface area contributed by atoms with Crippen molar-refractivity contribution in [1.82, 2.24) is 24.6 Å². The third-order valence-corrected chi connectivity index (χ3v) is 3.53. The highest BCUT2D eigenvalue weighted by Crippen LogP contribution is 2.22. The number of carbonyl (C=O) groups is 1. The maximum absolute atomic E-state index is 11.3. The molecule has 3 rings (SSSR count). The predicted molar refractivity (Wildman–Crippen MR) is 70.8 cm³/mol. The van der Waals surface area contributed by atoms with Crippen molar-refractivity contribution in [2.24, 2.45) is 7.05 Å².